The summed E-state index contributed by atoms with van der Waals surface area (Å²) in [5, 5.41) is 9.65. The van der Waals surface area contributed by atoms with Gasteiger partial charge in [-0.05, 0) is 19.3 Å². The van der Waals surface area contributed by atoms with Crippen LogP contribution in [-0.2, 0) is 10.1 Å². The maximum atomic E-state index is 10.5. The Morgan fingerprint density at radius 1 is 0.692 bits per heavy atom. The van der Waals surface area contributed by atoms with E-state index in [1.165, 1.54) is 64.2 Å². The molecule has 6 heteroatoms. The second kappa shape index (κ2) is 20.6. The number of aliphatic hydroxyl groups is 1. The zero-order valence-corrected chi connectivity index (χ0v) is 20.2. The molecule has 0 aliphatic rings. The van der Waals surface area contributed by atoms with E-state index in [9.17, 15) is 18.1 Å². The summed E-state index contributed by atoms with van der Waals surface area (Å²) in [4.78, 5) is 0. The summed E-state index contributed by atoms with van der Waals surface area (Å²) in [5.41, 5.74) is 0. The van der Waals surface area contributed by atoms with Crippen LogP contribution in [0.5, 0.6) is 0 Å². The standard InChI is InChI=1S/C20H42O4S.Na/c1-2-17-20(21)18-15-13-11-9-7-5-3-4-6-8-10-12-14-16-19-25(22,23)24;/h20-21H,2-19H2,1H3,(H,22,23,24);/q;+1/p-1. The van der Waals surface area contributed by atoms with Crippen LogP contribution < -0.4 is 29.6 Å². The Hall–Kier alpha value is 0.870. The van der Waals surface area contributed by atoms with Gasteiger partial charge in [0.15, 0.2) is 0 Å². The Labute approximate surface area is 185 Å². The smallest absolute Gasteiger partial charge is 0.748 e. The molecule has 0 saturated heterocycles. The molecule has 0 aliphatic carbocycles. The molecule has 0 amide bonds. The Morgan fingerprint density at radius 3 is 1.38 bits per heavy atom. The van der Waals surface area contributed by atoms with E-state index in [1.807, 2.05) is 0 Å². The second-order valence-electron chi connectivity index (χ2n) is 7.44. The average molecular weight is 401 g/mol. The molecule has 0 aromatic heterocycles. The fraction of sp³-hybridized carbons (Fsp3) is 1.00. The first kappa shape index (κ1) is 29.1. The summed E-state index contributed by atoms with van der Waals surface area (Å²) < 4.78 is 31.4. The van der Waals surface area contributed by atoms with Crippen molar-refractivity contribution in [1.29, 1.82) is 0 Å². The van der Waals surface area contributed by atoms with Gasteiger partial charge in [-0.25, -0.2) is 8.42 Å². The predicted octanol–water partition coefficient (Wildman–Crippen LogP) is 2.55. The predicted molar refractivity (Wildman–Crippen MR) is 105 cm³/mol. The van der Waals surface area contributed by atoms with Gasteiger partial charge in [-0.2, -0.15) is 0 Å². The molecular weight excluding hydrogens is 359 g/mol. The molecule has 4 nitrogen and oxygen atoms in total. The fourth-order valence-electron chi connectivity index (χ4n) is 3.26. The molecule has 1 atom stereocenters. The van der Waals surface area contributed by atoms with Crippen molar-refractivity contribution in [3.05, 3.63) is 0 Å². The molecule has 0 radical (unpaired) electrons. The molecule has 0 spiro atoms. The minimum atomic E-state index is -4.01. The summed E-state index contributed by atoms with van der Waals surface area (Å²) in [6, 6.07) is 0. The third-order valence-electron chi connectivity index (χ3n) is 4.80. The number of hydrogen-bond donors (Lipinski definition) is 1. The molecule has 1 unspecified atom stereocenters. The fourth-order valence-corrected chi connectivity index (χ4v) is 3.82. The first-order valence-corrected chi connectivity index (χ1v) is 12.1. The number of unbranched alkanes of at least 4 members (excludes halogenated alkanes) is 13. The van der Waals surface area contributed by atoms with Gasteiger partial charge in [0, 0.05) is 5.75 Å². The van der Waals surface area contributed by atoms with Crippen LogP contribution in [0, 0.1) is 0 Å². The van der Waals surface area contributed by atoms with Gasteiger partial charge in [0.25, 0.3) is 0 Å². The van der Waals surface area contributed by atoms with Gasteiger partial charge in [0.2, 0.25) is 0 Å². The largest absolute Gasteiger partial charge is 1.00 e. The van der Waals surface area contributed by atoms with Crippen molar-refractivity contribution in [2.75, 3.05) is 5.75 Å². The number of rotatable bonds is 19. The zero-order valence-electron chi connectivity index (χ0n) is 17.4. The molecule has 0 aromatic rings. The molecule has 152 valence electrons. The van der Waals surface area contributed by atoms with Crippen LogP contribution in [0.3, 0.4) is 0 Å². The van der Waals surface area contributed by atoms with Gasteiger partial charge >= 0.3 is 29.6 Å². The average Bonchev–Trinajstić information content (AvgIpc) is 2.53. The molecule has 0 saturated carbocycles. The van der Waals surface area contributed by atoms with E-state index < -0.39 is 10.1 Å². The second-order valence-corrected chi connectivity index (χ2v) is 8.97. The minimum Gasteiger partial charge on any atom is -0.748 e. The SMILES string of the molecule is CCCC(O)CCCCCCCCCCCCCCCCS(=O)(=O)[O-].[Na+]. The van der Waals surface area contributed by atoms with Crippen LogP contribution in [0.1, 0.15) is 116 Å². The molecule has 0 aliphatic heterocycles. The van der Waals surface area contributed by atoms with Gasteiger partial charge in [-0.15, -0.1) is 0 Å². The van der Waals surface area contributed by atoms with Crippen molar-refractivity contribution in [3.63, 3.8) is 0 Å². The summed E-state index contributed by atoms with van der Waals surface area (Å²) in [6.45, 7) is 2.12. The van der Waals surface area contributed by atoms with Crippen LogP contribution in [0.25, 0.3) is 0 Å². The van der Waals surface area contributed by atoms with Crippen LogP contribution in [0.4, 0.5) is 0 Å². The van der Waals surface area contributed by atoms with Crippen molar-refractivity contribution >= 4 is 10.1 Å². The minimum absolute atomic E-state index is 0. The van der Waals surface area contributed by atoms with Crippen LogP contribution >= 0.6 is 0 Å². The third-order valence-corrected chi connectivity index (χ3v) is 5.59. The van der Waals surface area contributed by atoms with Gasteiger partial charge in [0.05, 0.1) is 16.2 Å². The van der Waals surface area contributed by atoms with Gasteiger partial charge in [-0.1, -0.05) is 96.8 Å². The maximum Gasteiger partial charge on any atom is 1.00 e. The third kappa shape index (κ3) is 24.9. The van der Waals surface area contributed by atoms with Gasteiger partial charge < -0.3 is 9.66 Å². The number of hydrogen-bond acceptors (Lipinski definition) is 4. The van der Waals surface area contributed by atoms with E-state index in [1.54, 1.807) is 0 Å². The van der Waals surface area contributed by atoms with Gasteiger partial charge in [0.1, 0.15) is 0 Å². The Kier molecular flexibility index (Phi) is 23.0. The first-order chi connectivity index (χ1) is 12.0. The van der Waals surface area contributed by atoms with Gasteiger partial charge in [-0.3, -0.25) is 0 Å². The number of aliphatic hydroxyl groups excluding tert-OH is 1. The monoisotopic (exact) mass is 400 g/mol. The molecular formula is C20H41NaO4S. The summed E-state index contributed by atoms with van der Waals surface area (Å²) >= 11 is 0. The van der Waals surface area contributed by atoms with Crippen LogP contribution in [-0.4, -0.2) is 29.9 Å². The van der Waals surface area contributed by atoms with E-state index in [0.29, 0.717) is 6.42 Å². The Morgan fingerprint density at radius 2 is 1.04 bits per heavy atom. The van der Waals surface area contributed by atoms with Crippen LogP contribution in [0.2, 0.25) is 0 Å². The van der Waals surface area contributed by atoms with E-state index in [2.05, 4.69) is 6.92 Å². The molecule has 0 aromatic carbocycles. The first-order valence-electron chi connectivity index (χ1n) is 10.6. The molecule has 1 N–H and O–H groups in total. The maximum absolute atomic E-state index is 10.5. The van der Waals surface area contributed by atoms with E-state index in [4.69, 9.17) is 0 Å². The van der Waals surface area contributed by atoms with E-state index in [-0.39, 0.29) is 41.4 Å². The molecule has 0 fully saturated rings. The van der Waals surface area contributed by atoms with Crippen molar-refractivity contribution in [2.24, 2.45) is 0 Å². The van der Waals surface area contributed by atoms with Crippen molar-refractivity contribution in [1.82, 2.24) is 0 Å². The Bertz CT molecular complexity index is 374. The Balaban J connectivity index is 0. The topological polar surface area (TPSA) is 77.4 Å². The molecule has 0 bridgehead atoms. The molecule has 26 heavy (non-hydrogen) atoms. The zero-order chi connectivity index (χ0) is 18.8. The van der Waals surface area contributed by atoms with Crippen LogP contribution in [0.15, 0.2) is 0 Å². The summed E-state index contributed by atoms with van der Waals surface area (Å²) in [5.74, 6) is -0.202. The van der Waals surface area contributed by atoms with E-state index >= 15 is 0 Å². The van der Waals surface area contributed by atoms with Crippen molar-refractivity contribution in [3.8, 4) is 0 Å². The quantitative estimate of drug-likeness (QED) is 0.205. The van der Waals surface area contributed by atoms with Crippen molar-refractivity contribution < 1.29 is 47.6 Å². The normalized spacial score (nSPS) is 12.7. The molecule has 0 rings (SSSR count). The summed E-state index contributed by atoms with van der Waals surface area (Å²) in [6.07, 6.45) is 19.3. The van der Waals surface area contributed by atoms with Crippen molar-refractivity contribution in [2.45, 2.75) is 122 Å². The molecule has 0 heterocycles. The van der Waals surface area contributed by atoms with E-state index in [0.717, 1.165) is 38.5 Å². The summed E-state index contributed by atoms with van der Waals surface area (Å²) in [7, 11) is -4.01.